The fraction of sp³-hybridized carbons (Fsp3) is 0.400. The number of nitrogens with zero attached hydrogens (tertiary/aromatic N) is 2. The molecular weight excluding hydrogens is 140 g/mol. The van der Waals surface area contributed by atoms with Crippen molar-refractivity contribution in [2.75, 3.05) is 0 Å². The summed E-state index contributed by atoms with van der Waals surface area (Å²) < 4.78 is 1.54. The highest BCUT2D eigenvalue weighted by atomic mass is 35.5. The van der Waals surface area contributed by atoms with Crippen molar-refractivity contribution < 1.29 is 5.11 Å². The standard InChI is InChI=1S/C5H7ClN2O/c1-8-4(2-6)5(9)3-7-8/h3,9H,2H2,1H3. The first-order chi connectivity index (χ1) is 4.25. The van der Waals surface area contributed by atoms with Crippen LogP contribution in [0.4, 0.5) is 0 Å². The summed E-state index contributed by atoms with van der Waals surface area (Å²) in [6, 6.07) is 0. The zero-order chi connectivity index (χ0) is 6.85. The summed E-state index contributed by atoms with van der Waals surface area (Å²) in [5, 5.41) is 12.7. The summed E-state index contributed by atoms with van der Waals surface area (Å²) >= 11 is 5.46. The van der Waals surface area contributed by atoms with Crippen LogP contribution in [0, 0.1) is 0 Å². The van der Waals surface area contributed by atoms with Crippen LogP contribution < -0.4 is 0 Å². The average molecular weight is 147 g/mol. The SMILES string of the molecule is Cn1ncc(O)c1CCl. The zero-order valence-electron chi connectivity index (χ0n) is 5.00. The topological polar surface area (TPSA) is 38.0 Å². The molecule has 0 spiro atoms. The van der Waals surface area contributed by atoms with Crippen molar-refractivity contribution in [1.82, 2.24) is 9.78 Å². The highest BCUT2D eigenvalue weighted by Gasteiger charge is 2.02. The molecule has 0 unspecified atom stereocenters. The number of aryl methyl sites for hydroxylation is 1. The summed E-state index contributed by atoms with van der Waals surface area (Å²) in [6.45, 7) is 0. The second-order valence-electron chi connectivity index (χ2n) is 1.73. The molecule has 9 heavy (non-hydrogen) atoms. The van der Waals surface area contributed by atoms with Gasteiger partial charge in [-0.05, 0) is 0 Å². The number of rotatable bonds is 1. The highest BCUT2D eigenvalue weighted by molar-refractivity contribution is 6.17. The van der Waals surface area contributed by atoms with E-state index in [0.717, 1.165) is 0 Å². The number of hydrogen-bond acceptors (Lipinski definition) is 2. The quantitative estimate of drug-likeness (QED) is 0.597. The molecule has 0 fully saturated rings. The van der Waals surface area contributed by atoms with Gasteiger partial charge < -0.3 is 5.11 Å². The predicted molar refractivity (Wildman–Crippen MR) is 34.4 cm³/mol. The molecule has 0 saturated heterocycles. The van der Waals surface area contributed by atoms with Crippen LogP contribution in [0.3, 0.4) is 0 Å². The van der Waals surface area contributed by atoms with E-state index in [0.29, 0.717) is 11.6 Å². The van der Waals surface area contributed by atoms with Crippen LogP contribution in [0.25, 0.3) is 0 Å². The largest absolute Gasteiger partial charge is 0.504 e. The zero-order valence-corrected chi connectivity index (χ0v) is 5.76. The first kappa shape index (κ1) is 6.42. The third-order valence-electron chi connectivity index (χ3n) is 1.17. The first-order valence-corrected chi connectivity index (χ1v) is 3.05. The van der Waals surface area contributed by atoms with E-state index in [9.17, 15) is 0 Å². The number of hydrogen-bond donors (Lipinski definition) is 1. The maximum atomic E-state index is 8.96. The smallest absolute Gasteiger partial charge is 0.157 e. The molecule has 1 rings (SSSR count). The van der Waals surface area contributed by atoms with Gasteiger partial charge in [0, 0.05) is 7.05 Å². The van der Waals surface area contributed by atoms with Gasteiger partial charge in [-0.2, -0.15) is 5.10 Å². The van der Waals surface area contributed by atoms with Crippen LogP contribution in [-0.4, -0.2) is 14.9 Å². The normalized spacial score (nSPS) is 10.0. The molecule has 1 aromatic rings. The fourth-order valence-electron chi connectivity index (χ4n) is 0.606. The van der Waals surface area contributed by atoms with Crippen LogP contribution in [0.15, 0.2) is 6.20 Å². The van der Waals surface area contributed by atoms with E-state index in [-0.39, 0.29) is 5.75 Å². The molecule has 4 heteroatoms. The molecule has 1 heterocycles. The van der Waals surface area contributed by atoms with Gasteiger partial charge in [-0.15, -0.1) is 11.6 Å². The van der Waals surface area contributed by atoms with E-state index in [1.165, 1.54) is 6.20 Å². The van der Waals surface area contributed by atoms with Crippen molar-refractivity contribution in [2.45, 2.75) is 5.88 Å². The van der Waals surface area contributed by atoms with E-state index in [4.69, 9.17) is 16.7 Å². The fourth-order valence-corrected chi connectivity index (χ4v) is 0.916. The Kier molecular flexibility index (Phi) is 1.62. The van der Waals surface area contributed by atoms with Crippen LogP contribution in [0.2, 0.25) is 0 Å². The Morgan fingerprint density at radius 1 is 1.89 bits per heavy atom. The van der Waals surface area contributed by atoms with Crippen molar-refractivity contribution in [3.63, 3.8) is 0 Å². The minimum Gasteiger partial charge on any atom is -0.504 e. The third kappa shape index (κ3) is 1.00. The second-order valence-corrected chi connectivity index (χ2v) is 2.00. The average Bonchev–Trinajstić information content (AvgIpc) is 2.12. The van der Waals surface area contributed by atoms with Crippen molar-refractivity contribution in [2.24, 2.45) is 7.05 Å². The van der Waals surface area contributed by atoms with Gasteiger partial charge in [0.2, 0.25) is 0 Å². The van der Waals surface area contributed by atoms with Crippen molar-refractivity contribution in [3.05, 3.63) is 11.9 Å². The molecule has 0 aliphatic carbocycles. The maximum Gasteiger partial charge on any atom is 0.157 e. The second kappa shape index (κ2) is 2.27. The van der Waals surface area contributed by atoms with E-state index < -0.39 is 0 Å². The molecule has 0 aliphatic heterocycles. The van der Waals surface area contributed by atoms with Gasteiger partial charge in [0.15, 0.2) is 5.75 Å². The van der Waals surface area contributed by atoms with Gasteiger partial charge in [0.25, 0.3) is 0 Å². The molecule has 0 saturated carbocycles. The monoisotopic (exact) mass is 146 g/mol. The first-order valence-electron chi connectivity index (χ1n) is 2.51. The van der Waals surface area contributed by atoms with E-state index >= 15 is 0 Å². The molecule has 0 radical (unpaired) electrons. The summed E-state index contributed by atoms with van der Waals surface area (Å²) in [4.78, 5) is 0. The molecule has 1 aromatic heterocycles. The molecule has 0 aromatic carbocycles. The molecule has 50 valence electrons. The van der Waals surface area contributed by atoms with Crippen molar-refractivity contribution in [1.29, 1.82) is 0 Å². The molecule has 0 bridgehead atoms. The minimum absolute atomic E-state index is 0.160. The predicted octanol–water partition coefficient (Wildman–Crippen LogP) is 0.865. The van der Waals surface area contributed by atoms with E-state index in [1.54, 1.807) is 11.7 Å². The minimum atomic E-state index is 0.160. The number of alkyl halides is 1. The molecule has 0 atom stereocenters. The third-order valence-corrected chi connectivity index (χ3v) is 1.42. The Morgan fingerprint density at radius 2 is 2.56 bits per heavy atom. The van der Waals surface area contributed by atoms with Crippen LogP contribution in [0.1, 0.15) is 5.69 Å². The molecule has 3 nitrogen and oxygen atoms in total. The Morgan fingerprint density at radius 3 is 2.78 bits per heavy atom. The van der Waals surface area contributed by atoms with Crippen LogP contribution >= 0.6 is 11.6 Å². The lowest BCUT2D eigenvalue weighted by Crippen LogP contribution is -1.94. The number of halogens is 1. The Bertz CT molecular complexity index is 189. The highest BCUT2D eigenvalue weighted by Crippen LogP contribution is 2.15. The van der Waals surface area contributed by atoms with Gasteiger partial charge >= 0.3 is 0 Å². The summed E-state index contributed by atoms with van der Waals surface area (Å²) in [7, 11) is 1.73. The lowest BCUT2D eigenvalue weighted by molar-refractivity contribution is 0.468. The Labute approximate surface area is 57.9 Å². The lowest BCUT2D eigenvalue weighted by atomic mass is 10.4. The van der Waals surface area contributed by atoms with E-state index in [1.807, 2.05) is 0 Å². The summed E-state index contributed by atoms with van der Waals surface area (Å²) in [5.74, 6) is 0.454. The number of aromatic nitrogens is 2. The van der Waals surface area contributed by atoms with Crippen LogP contribution in [0.5, 0.6) is 5.75 Å². The van der Waals surface area contributed by atoms with Gasteiger partial charge in [0.1, 0.15) is 0 Å². The summed E-state index contributed by atoms with van der Waals surface area (Å²) in [6.07, 6.45) is 1.37. The Hall–Kier alpha value is -0.700. The van der Waals surface area contributed by atoms with Crippen molar-refractivity contribution in [3.8, 4) is 5.75 Å². The molecule has 0 aliphatic rings. The van der Waals surface area contributed by atoms with Gasteiger partial charge in [-0.1, -0.05) is 0 Å². The van der Waals surface area contributed by atoms with E-state index in [2.05, 4.69) is 5.10 Å². The van der Waals surface area contributed by atoms with Gasteiger partial charge in [0.05, 0.1) is 17.8 Å². The molecule has 1 N–H and O–H groups in total. The maximum absolute atomic E-state index is 8.96. The lowest BCUT2D eigenvalue weighted by Gasteiger charge is -1.93. The van der Waals surface area contributed by atoms with Crippen LogP contribution in [-0.2, 0) is 12.9 Å². The number of aromatic hydroxyl groups is 1. The van der Waals surface area contributed by atoms with Gasteiger partial charge in [-0.25, -0.2) is 0 Å². The molecule has 0 amide bonds. The Balaban J connectivity index is 3.07. The van der Waals surface area contributed by atoms with Gasteiger partial charge in [-0.3, -0.25) is 4.68 Å². The molecular formula is C5H7ClN2O. The van der Waals surface area contributed by atoms with Crippen molar-refractivity contribution >= 4 is 11.6 Å². The summed E-state index contributed by atoms with van der Waals surface area (Å²) in [5.41, 5.74) is 0.650.